The third kappa shape index (κ3) is 11.4. The van der Waals surface area contributed by atoms with Crippen molar-refractivity contribution < 1.29 is 19.7 Å². The molecule has 0 fully saturated rings. The Labute approximate surface area is 125 Å². The van der Waals surface area contributed by atoms with Crippen molar-refractivity contribution >= 4 is 11.4 Å². The van der Waals surface area contributed by atoms with Crippen molar-refractivity contribution in [1.29, 1.82) is 0 Å². The molecule has 0 radical (unpaired) electrons. The zero-order chi connectivity index (χ0) is 15.8. The van der Waals surface area contributed by atoms with E-state index in [0.29, 0.717) is 24.5 Å². The maximum Gasteiger partial charge on any atom is 0.0904 e. The summed E-state index contributed by atoms with van der Waals surface area (Å²) in [5, 5.41) is 17.5. The van der Waals surface area contributed by atoms with Crippen LogP contribution < -0.4 is 11.5 Å². The minimum Gasteiger partial charge on any atom is -0.394 e. The Hall–Kier alpha value is -0.900. The van der Waals surface area contributed by atoms with Crippen LogP contribution in [0.1, 0.15) is 12.8 Å². The molecule has 8 heteroatoms. The molecular weight excluding hydrogens is 276 g/mol. The van der Waals surface area contributed by atoms with Crippen LogP contribution in [0, 0.1) is 0 Å². The molecule has 0 bridgehead atoms. The summed E-state index contributed by atoms with van der Waals surface area (Å²) in [5.41, 5.74) is 12.2. The summed E-state index contributed by atoms with van der Waals surface area (Å²) in [4.78, 5) is 8.62. The second kappa shape index (κ2) is 15.5. The first kappa shape index (κ1) is 20.1. The predicted molar refractivity (Wildman–Crippen MR) is 82.9 cm³/mol. The molecule has 0 heterocycles. The summed E-state index contributed by atoms with van der Waals surface area (Å²) in [6.45, 7) is 2.19. The summed E-state index contributed by atoms with van der Waals surface area (Å²) >= 11 is 0. The van der Waals surface area contributed by atoms with Gasteiger partial charge in [0.2, 0.25) is 0 Å². The maximum atomic E-state index is 8.76. The van der Waals surface area contributed by atoms with Crippen LogP contribution in [0.5, 0.6) is 0 Å². The van der Waals surface area contributed by atoms with Gasteiger partial charge in [-0.05, 0) is 19.4 Å². The molecule has 0 rings (SSSR count). The largest absolute Gasteiger partial charge is 0.394 e. The van der Waals surface area contributed by atoms with Gasteiger partial charge in [-0.15, -0.1) is 0 Å². The van der Waals surface area contributed by atoms with E-state index in [0.717, 1.165) is 12.8 Å². The van der Waals surface area contributed by atoms with Gasteiger partial charge in [0.05, 0.1) is 57.7 Å². The highest BCUT2D eigenvalue weighted by atomic mass is 16.5. The van der Waals surface area contributed by atoms with Crippen LogP contribution in [0.4, 0.5) is 0 Å². The first-order valence-corrected chi connectivity index (χ1v) is 7.14. The van der Waals surface area contributed by atoms with Gasteiger partial charge in [-0.2, -0.15) is 0 Å². The van der Waals surface area contributed by atoms with Crippen molar-refractivity contribution in [3.63, 3.8) is 0 Å². The molecule has 0 aromatic carbocycles. The lowest BCUT2D eigenvalue weighted by molar-refractivity contribution is 0.115. The molecule has 0 aromatic heterocycles. The van der Waals surface area contributed by atoms with Crippen molar-refractivity contribution in [3.8, 4) is 0 Å². The molecule has 0 aliphatic rings. The van der Waals surface area contributed by atoms with Crippen molar-refractivity contribution in [3.05, 3.63) is 0 Å². The van der Waals surface area contributed by atoms with E-state index >= 15 is 0 Å². The Bertz CT molecular complexity index is 298. The Morgan fingerprint density at radius 2 is 1.43 bits per heavy atom. The van der Waals surface area contributed by atoms with E-state index in [1.807, 2.05) is 0 Å². The van der Waals surface area contributed by atoms with Gasteiger partial charge in [0.25, 0.3) is 0 Å². The van der Waals surface area contributed by atoms with E-state index in [4.69, 9.17) is 31.2 Å². The molecule has 0 spiro atoms. The summed E-state index contributed by atoms with van der Waals surface area (Å²) in [5.74, 6) is 0. The van der Waals surface area contributed by atoms with Gasteiger partial charge >= 0.3 is 0 Å². The predicted octanol–water partition coefficient (Wildman–Crippen LogP) is -1.46. The first-order chi connectivity index (χ1) is 10.3. The van der Waals surface area contributed by atoms with Gasteiger partial charge in [-0.1, -0.05) is 0 Å². The van der Waals surface area contributed by atoms with Crippen LogP contribution in [0.3, 0.4) is 0 Å². The lowest BCUT2D eigenvalue weighted by Crippen LogP contribution is -2.27. The van der Waals surface area contributed by atoms with E-state index in [9.17, 15) is 0 Å². The molecule has 0 aliphatic heterocycles. The van der Waals surface area contributed by atoms with Crippen LogP contribution >= 0.6 is 0 Å². The van der Waals surface area contributed by atoms with Crippen LogP contribution in [0.2, 0.25) is 0 Å². The van der Waals surface area contributed by atoms with E-state index in [1.165, 1.54) is 0 Å². The van der Waals surface area contributed by atoms with Crippen molar-refractivity contribution in [2.75, 3.05) is 59.4 Å². The number of aliphatic imine (C=N–C) groups is 2. The Balaban J connectivity index is 4.62. The van der Waals surface area contributed by atoms with Crippen molar-refractivity contribution in [2.24, 2.45) is 21.5 Å². The van der Waals surface area contributed by atoms with Crippen LogP contribution in [-0.2, 0) is 9.47 Å². The minimum absolute atomic E-state index is 0.0508. The van der Waals surface area contributed by atoms with Gasteiger partial charge in [-0.3, -0.25) is 9.98 Å². The number of aliphatic hydroxyl groups excluding tert-OH is 2. The Morgan fingerprint density at radius 1 is 0.857 bits per heavy atom. The molecule has 0 saturated heterocycles. The fraction of sp³-hybridized carbons (Fsp3) is 0.846. The molecule has 0 atom stereocenters. The van der Waals surface area contributed by atoms with Crippen molar-refractivity contribution in [2.45, 2.75) is 12.8 Å². The topological polar surface area (TPSA) is 136 Å². The monoisotopic (exact) mass is 304 g/mol. The highest BCUT2D eigenvalue weighted by Gasteiger charge is 2.10. The first-order valence-electron chi connectivity index (χ1n) is 7.14. The average Bonchev–Trinajstić information content (AvgIpc) is 2.49. The van der Waals surface area contributed by atoms with E-state index < -0.39 is 0 Å². The highest BCUT2D eigenvalue weighted by molar-refractivity contribution is 6.43. The van der Waals surface area contributed by atoms with Crippen LogP contribution in [0.25, 0.3) is 0 Å². The van der Waals surface area contributed by atoms with Gasteiger partial charge in [0, 0.05) is 6.54 Å². The van der Waals surface area contributed by atoms with Crippen LogP contribution in [-0.4, -0.2) is 81.0 Å². The Kier molecular flexibility index (Phi) is 14.8. The minimum atomic E-state index is -0.0557. The van der Waals surface area contributed by atoms with E-state index in [-0.39, 0.29) is 46.3 Å². The van der Waals surface area contributed by atoms with E-state index in [1.54, 1.807) is 0 Å². The maximum absolute atomic E-state index is 8.76. The SMILES string of the molecule is NCCCCN=C(COCCO)/C(COCCO)=N/CN. The summed E-state index contributed by atoms with van der Waals surface area (Å²) in [6.07, 6.45) is 1.78. The van der Waals surface area contributed by atoms with Gasteiger partial charge in [0.1, 0.15) is 0 Å². The highest BCUT2D eigenvalue weighted by Crippen LogP contribution is 1.95. The molecule has 0 aliphatic carbocycles. The molecule has 0 unspecified atom stereocenters. The normalized spacial score (nSPS) is 13.0. The molecular formula is C13H28N4O4. The van der Waals surface area contributed by atoms with Crippen molar-refractivity contribution in [1.82, 2.24) is 0 Å². The fourth-order valence-corrected chi connectivity index (χ4v) is 1.49. The number of rotatable bonds is 14. The zero-order valence-corrected chi connectivity index (χ0v) is 12.5. The molecule has 21 heavy (non-hydrogen) atoms. The van der Waals surface area contributed by atoms with Crippen LogP contribution in [0.15, 0.2) is 9.98 Å². The molecule has 0 amide bonds. The molecule has 0 saturated carbocycles. The number of nitrogens with two attached hydrogens (primary N) is 2. The number of hydrogen-bond donors (Lipinski definition) is 4. The molecule has 124 valence electrons. The molecule has 8 nitrogen and oxygen atoms in total. The Morgan fingerprint density at radius 3 is 1.90 bits per heavy atom. The fourth-order valence-electron chi connectivity index (χ4n) is 1.49. The third-order valence-corrected chi connectivity index (χ3v) is 2.48. The lowest BCUT2D eigenvalue weighted by Gasteiger charge is -2.11. The number of unbranched alkanes of at least 4 members (excludes halogenated alkanes) is 1. The quantitative estimate of drug-likeness (QED) is 0.229. The summed E-state index contributed by atoms with van der Waals surface area (Å²) in [6, 6.07) is 0. The number of ether oxygens (including phenoxy) is 2. The standard InChI is InChI=1S/C13H28N4O4/c14-3-1-2-4-16-12(9-20-7-5-18)13(17-11-15)10-21-8-6-19/h18-19H,1-11,14-15H2/b16-12?,17-13+. The smallest absolute Gasteiger partial charge is 0.0904 e. The lowest BCUT2D eigenvalue weighted by atomic mass is 10.2. The van der Waals surface area contributed by atoms with Gasteiger partial charge < -0.3 is 31.2 Å². The average molecular weight is 304 g/mol. The van der Waals surface area contributed by atoms with E-state index in [2.05, 4.69) is 9.98 Å². The molecule has 0 aromatic rings. The zero-order valence-electron chi connectivity index (χ0n) is 12.5. The second-order valence-electron chi connectivity index (χ2n) is 4.16. The van der Waals surface area contributed by atoms with Gasteiger partial charge in [0.15, 0.2) is 0 Å². The number of hydrogen-bond acceptors (Lipinski definition) is 8. The summed E-state index contributed by atoms with van der Waals surface area (Å²) in [7, 11) is 0. The second-order valence-corrected chi connectivity index (χ2v) is 4.16. The third-order valence-electron chi connectivity index (χ3n) is 2.48. The number of nitrogens with zero attached hydrogens (tertiary/aromatic N) is 2. The van der Waals surface area contributed by atoms with Gasteiger partial charge in [-0.25, -0.2) is 0 Å². The summed E-state index contributed by atoms with van der Waals surface area (Å²) < 4.78 is 10.6. The molecule has 6 N–H and O–H groups in total. The number of aliphatic hydroxyl groups is 2.